The maximum atomic E-state index is 5.66. The van der Waals surface area contributed by atoms with E-state index in [0.29, 0.717) is 16.6 Å². The van der Waals surface area contributed by atoms with Crippen molar-refractivity contribution in [3.63, 3.8) is 0 Å². The first-order chi connectivity index (χ1) is 5.63. The monoisotopic (exact) mass is 225 g/mol. The molecule has 0 unspecified atom stereocenters. The Morgan fingerprint density at radius 2 is 2.08 bits per heavy atom. The molecule has 2 nitrogen and oxygen atoms in total. The minimum Gasteiger partial charge on any atom is -0.481 e. The number of pyridine rings is 1. The highest BCUT2D eigenvalue weighted by molar-refractivity contribution is 6.44. The van der Waals surface area contributed by atoms with E-state index < -0.39 is 4.84 Å². The molecule has 0 aliphatic heterocycles. The van der Waals surface area contributed by atoms with Crippen LogP contribution in [0.4, 0.5) is 0 Å². The highest BCUT2D eigenvalue weighted by Crippen LogP contribution is 2.28. The molecule has 1 aromatic heterocycles. The lowest BCUT2D eigenvalue weighted by Crippen LogP contribution is -1.90. The molecule has 0 N–H and O–H groups in total. The fraction of sp³-hybridized carbons (Fsp3) is 0.286. The smallest absolute Gasteiger partial charge is 0.214 e. The lowest BCUT2D eigenvalue weighted by molar-refractivity contribution is 0.397. The van der Waals surface area contributed by atoms with Crippen LogP contribution in [0.15, 0.2) is 12.1 Å². The van der Waals surface area contributed by atoms with Crippen LogP contribution in [0.3, 0.4) is 0 Å². The van der Waals surface area contributed by atoms with E-state index in [9.17, 15) is 0 Å². The second kappa shape index (κ2) is 4.17. The number of hydrogen-bond donors (Lipinski definition) is 0. The van der Waals surface area contributed by atoms with Gasteiger partial charge in [0.15, 0.2) is 0 Å². The van der Waals surface area contributed by atoms with Crippen molar-refractivity contribution in [1.29, 1.82) is 0 Å². The SMILES string of the molecule is COc1cc(C(Cl)Cl)cc(Cl)n1. The van der Waals surface area contributed by atoms with Crippen LogP contribution in [0.25, 0.3) is 0 Å². The summed E-state index contributed by atoms with van der Waals surface area (Å²) < 4.78 is 4.87. The Labute approximate surface area is 85.4 Å². The lowest BCUT2D eigenvalue weighted by Gasteiger charge is -2.04. The number of methoxy groups -OCH3 is 1. The number of halogens is 3. The Morgan fingerprint density at radius 1 is 1.42 bits per heavy atom. The minimum atomic E-state index is -0.612. The number of rotatable bonds is 2. The maximum absolute atomic E-state index is 5.66. The van der Waals surface area contributed by atoms with E-state index in [1.54, 1.807) is 12.1 Å². The van der Waals surface area contributed by atoms with Gasteiger partial charge < -0.3 is 4.74 Å². The van der Waals surface area contributed by atoms with Gasteiger partial charge in [0.1, 0.15) is 9.99 Å². The maximum Gasteiger partial charge on any atom is 0.214 e. The van der Waals surface area contributed by atoms with Gasteiger partial charge in [-0.2, -0.15) is 0 Å². The first kappa shape index (κ1) is 9.90. The normalized spacial score (nSPS) is 10.4. The molecule has 0 aromatic carbocycles. The van der Waals surface area contributed by atoms with Gasteiger partial charge in [-0.1, -0.05) is 11.6 Å². The second-order valence-electron chi connectivity index (χ2n) is 2.07. The molecule has 1 aromatic rings. The third-order valence-corrected chi connectivity index (χ3v) is 1.95. The van der Waals surface area contributed by atoms with Crippen molar-refractivity contribution in [1.82, 2.24) is 4.98 Å². The molecule has 1 rings (SSSR count). The molecular formula is C7H6Cl3NO. The zero-order valence-corrected chi connectivity index (χ0v) is 8.49. The van der Waals surface area contributed by atoms with Gasteiger partial charge in [-0.15, -0.1) is 23.2 Å². The van der Waals surface area contributed by atoms with E-state index in [1.165, 1.54) is 7.11 Å². The summed E-state index contributed by atoms with van der Waals surface area (Å²) in [6, 6.07) is 3.23. The zero-order chi connectivity index (χ0) is 9.14. The van der Waals surface area contributed by atoms with Gasteiger partial charge in [0.25, 0.3) is 0 Å². The molecule has 0 radical (unpaired) electrons. The average Bonchev–Trinajstić information content (AvgIpc) is 2.03. The van der Waals surface area contributed by atoms with Crippen LogP contribution in [-0.4, -0.2) is 12.1 Å². The van der Waals surface area contributed by atoms with Crippen LogP contribution in [0.5, 0.6) is 5.88 Å². The van der Waals surface area contributed by atoms with Crippen LogP contribution in [0.2, 0.25) is 5.15 Å². The molecule has 66 valence electrons. The van der Waals surface area contributed by atoms with Crippen molar-refractivity contribution in [2.24, 2.45) is 0 Å². The number of hydrogen-bond acceptors (Lipinski definition) is 2. The Hall–Kier alpha value is -0.180. The van der Waals surface area contributed by atoms with Crippen molar-refractivity contribution < 1.29 is 4.74 Å². The first-order valence-corrected chi connectivity index (χ1v) is 4.38. The number of nitrogens with zero attached hydrogens (tertiary/aromatic N) is 1. The summed E-state index contributed by atoms with van der Waals surface area (Å²) in [5.41, 5.74) is 0.676. The quantitative estimate of drug-likeness (QED) is 0.571. The van der Waals surface area contributed by atoms with Crippen molar-refractivity contribution in [3.8, 4) is 5.88 Å². The molecule has 0 saturated carbocycles. The van der Waals surface area contributed by atoms with Gasteiger partial charge in [0.2, 0.25) is 5.88 Å². The highest BCUT2D eigenvalue weighted by atomic mass is 35.5. The fourth-order valence-electron chi connectivity index (χ4n) is 0.722. The van der Waals surface area contributed by atoms with E-state index >= 15 is 0 Å². The Balaban J connectivity index is 3.06. The Morgan fingerprint density at radius 3 is 2.58 bits per heavy atom. The fourth-order valence-corrected chi connectivity index (χ4v) is 1.18. The van der Waals surface area contributed by atoms with E-state index in [1.807, 2.05) is 0 Å². The van der Waals surface area contributed by atoms with Crippen LogP contribution in [-0.2, 0) is 0 Å². The van der Waals surface area contributed by atoms with Crippen molar-refractivity contribution in [2.45, 2.75) is 4.84 Å². The van der Waals surface area contributed by atoms with Crippen LogP contribution < -0.4 is 4.74 Å². The van der Waals surface area contributed by atoms with Gasteiger partial charge in [-0.3, -0.25) is 0 Å². The summed E-state index contributed by atoms with van der Waals surface area (Å²) in [7, 11) is 1.50. The predicted molar refractivity (Wildman–Crippen MR) is 50.2 cm³/mol. The molecule has 0 aliphatic rings. The van der Waals surface area contributed by atoms with Gasteiger partial charge in [0.05, 0.1) is 7.11 Å². The third-order valence-electron chi connectivity index (χ3n) is 1.25. The summed E-state index contributed by atoms with van der Waals surface area (Å²) in [6.07, 6.45) is 0. The van der Waals surface area contributed by atoms with Gasteiger partial charge in [0, 0.05) is 6.07 Å². The zero-order valence-electron chi connectivity index (χ0n) is 6.22. The highest BCUT2D eigenvalue weighted by Gasteiger charge is 2.07. The molecular weight excluding hydrogens is 220 g/mol. The molecule has 0 amide bonds. The summed E-state index contributed by atoms with van der Waals surface area (Å²) >= 11 is 16.9. The number of ether oxygens (including phenoxy) is 1. The number of aromatic nitrogens is 1. The minimum absolute atomic E-state index is 0.315. The number of alkyl halides is 2. The molecule has 0 saturated heterocycles. The molecule has 12 heavy (non-hydrogen) atoms. The molecule has 0 bridgehead atoms. The van der Waals surface area contributed by atoms with Crippen molar-refractivity contribution in [3.05, 3.63) is 22.8 Å². The average molecular weight is 226 g/mol. The summed E-state index contributed by atoms with van der Waals surface area (Å²) in [6.45, 7) is 0. The third kappa shape index (κ3) is 2.41. The predicted octanol–water partition coefficient (Wildman–Crippen LogP) is 3.22. The molecule has 1 heterocycles. The molecule has 0 aliphatic carbocycles. The first-order valence-electron chi connectivity index (χ1n) is 3.13. The largest absolute Gasteiger partial charge is 0.481 e. The Bertz CT molecular complexity index is 277. The summed E-state index contributed by atoms with van der Waals surface area (Å²) in [5.74, 6) is 0.406. The van der Waals surface area contributed by atoms with E-state index in [0.717, 1.165) is 0 Å². The van der Waals surface area contributed by atoms with Crippen LogP contribution in [0.1, 0.15) is 10.4 Å². The van der Waals surface area contributed by atoms with Crippen LogP contribution >= 0.6 is 34.8 Å². The molecule has 5 heteroatoms. The standard InChI is InChI=1S/C7H6Cl3NO/c1-12-6-3-4(7(9)10)2-5(8)11-6/h2-3,7H,1H3. The summed E-state index contributed by atoms with van der Waals surface area (Å²) in [4.78, 5) is 3.25. The van der Waals surface area contributed by atoms with Gasteiger partial charge >= 0.3 is 0 Å². The second-order valence-corrected chi connectivity index (χ2v) is 3.55. The lowest BCUT2D eigenvalue weighted by atomic mass is 10.3. The van der Waals surface area contributed by atoms with Gasteiger partial charge in [-0.25, -0.2) is 4.98 Å². The van der Waals surface area contributed by atoms with E-state index in [4.69, 9.17) is 39.5 Å². The van der Waals surface area contributed by atoms with Gasteiger partial charge in [-0.05, 0) is 11.6 Å². The molecule has 0 fully saturated rings. The molecule has 0 spiro atoms. The van der Waals surface area contributed by atoms with Crippen molar-refractivity contribution >= 4 is 34.8 Å². The van der Waals surface area contributed by atoms with Crippen LogP contribution in [0, 0.1) is 0 Å². The Kier molecular flexibility index (Phi) is 3.44. The van der Waals surface area contributed by atoms with E-state index in [-0.39, 0.29) is 0 Å². The topological polar surface area (TPSA) is 22.1 Å². The van der Waals surface area contributed by atoms with Crippen molar-refractivity contribution in [2.75, 3.05) is 7.11 Å². The van der Waals surface area contributed by atoms with E-state index in [2.05, 4.69) is 4.98 Å². The molecule has 0 atom stereocenters. The summed E-state index contributed by atoms with van der Waals surface area (Å²) in [5, 5.41) is 0.315.